The van der Waals surface area contributed by atoms with Gasteiger partial charge >= 0.3 is 0 Å². The molecule has 0 atom stereocenters. The molecule has 8 nitrogen and oxygen atoms in total. The van der Waals surface area contributed by atoms with Crippen LogP contribution in [0.5, 0.6) is 0 Å². The molecule has 3 rings (SSSR count). The maximum atomic E-state index is 12.9. The molecule has 2 fully saturated rings. The second-order valence-corrected chi connectivity index (χ2v) is 8.52. The van der Waals surface area contributed by atoms with Crippen LogP contribution in [0.15, 0.2) is 4.90 Å². The van der Waals surface area contributed by atoms with E-state index in [0.29, 0.717) is 55.0 Å². The lowest BCUT2D eigenvalue weighted by Crippen LogP contribution is -2.51. The average molecular weight is 355 g/mol. The highest BCUT2D eigenvalue weighted by Gasteiger charge is 2.33. The zero-order valence-corrected chi connectivity index (χ0v) is 15.3. The van der Waals surface area contributed by atoms with Gasteiger partial charge in [0.05, 0.1) is 17.9 Å². The fourth-order valence-corrected chi connectivity index (χ4v) is 4.91. The van der Waals surface area contributed by atoms with Gasteiger partial charge in [-0.15, -0.1) is 0 Å². The highest BCUT2D eigenvalue weighted by Crippen LogP contribution is 2.24. The molecule has 0 spiro atoms. The quantitative estimate of drug-likeness (QED) is 0.778. The minimum atomic E-state index is -3.54. The number of hydrogen-bond donors (Lipinski definition) is 1. The average Bonchev–Trinajstić information content (AvgIpc) is 3.26. The fraction of sp³-hybridized carbons (Fsp3) is 0.733. The minimum Gasteiger partial charge on any atom is -0.352 e. The largest absolute Gasteiger partial charge is 0.352 e. The predicted octanol–water partition coefficient (Wildman–Crippen LogP) is -0.378. The number of aryl methyl sites for hydroxylation is 2. The number of rotatable bonds is 5. The van der Waals surface area contributed by atoms with Gasteiger partial charge in [0.1, 0.15) is 4.90 Å². The number of hydrogen-bond acceptors (Lipinski definition) is 5. The molecule has 1 aliphatic carbocycles. The van der Waals surface area contributed by atoms with E-state index in [1.807, 2.05) is 4.90 Å². The molecule has 24 heavy (non-hydrogen) atoms. The van der Waals surface area contributed by atoms with E-state index < -0.39 is 10.0 Å². The zero-order chi connectivity index (χ0) is 17.5. The van der Waals surface area contributed by atoms with Gasteiger partial charge in [0, 0.05) is 39.3 Å². The molecular formula is C15H25N5O3S. The molecule has 1 aromatic heterocycles. The number of carbonyl (C=O) groups excluding carboxylic acids is 1. The summed E-state index contributed by atoms with van der Waals surface area (Å²) in [7, 11) is -1.79. The van der Waals surface area contributed by atoms with Gasteiger partial charge in [-0.3, -0.25) is 14.4 Å². The third kappa shape index (κ3) is 3.47. The molecule has 1 aliphatic heterocycles. The topological polar surface area (TPSA) is 87.5 Å². The van der Waals surface area contributed by atoms with E-state index in [4.69, 9.17) is 0 Å². The molecule has 134 valence electrons. The van der Waals surface area contributed by atoms with Crippen molar-refractivity contribution in [3.05, 3.63) is 11.4 Å². The smallest absolute Gasteiger partial charge is 0.246 e. The minimum absolute atomic E-state index is 0.0350. The third-order valence-electron chi connectivity index (χ3n) is 4.68. The molecule has 0 bridgehead atoms. The molecule has 1 saturated heterocycles. The van der Waals surface area contributed by atoms with Crippen LogP contribution in [0, 0.1) is 13.8 Å². The van der Waals surface area contributed by atoms with E-state index in [0.717, 1.165) is 12.8 Å². The second-order valence-electron chi connectivity index (χ2n) is 6.65. The van der Waals surface area contributed by atoms with Crippen LogP contribution in [0.4, 0.5) is 0 Å². The van der Waals surface area contributed by atoms with Crippen molar-refractivity contribution in [2.75, 3.05) is 32.7 Å². The highest BCUT2D eigenvalue weighted by molar-refractivity contribution is 7.89. The Hall–Kier alpha value is -1.45. The summed E-state index contributed by atoms with van der Waals surface area (Å²) in [6.45, 7) is 5.75. The lowest BCUT2D eigenvalue weighted by Gasteiger charge is -2.33. The van der Waals surface area contributed by atoms with Crippen LogP contribution >= 0.6 is 0 Å². The normalized spacial score (nSPS) is 20.3. The number of nitrogens with one attached hydrogen (secondary N) is 1. The van der Waals surface area contributed by atoms with Crippen LogP contribution in [-0.4, -0.2) is 72.1 Å². The second kappa shape index (κ2) is 6.45. The van der Waals surface area contributed by atoms with Crippen molar-refractivity contribution in [3.63, 3.8) is 0 Å². The fourth-order valence-electron chi connectivity index (χ4n) is 3.09. The van der Waals surface area contributed by atoms with Crippen LogP contribution in [0.25, 0.3) is 0 Å². The van der Waals surface area contributed by atoms with E-state index in [2.05, 4.69) is 10.4 Å². The molecule has 0 aromatic carbocycles. The van der Waals surface area contributed by atoms with Gasteiger partial charge in [0.25, 0.3) is 0 Å². The summed E-state index contributed by atoms with van der Waals surface area (Å²) in [5, 5.41) is 7.17. The highest BCUT2D eigenvalue weighted by atomic mass is 32.2. The Kier molecular flexibility index (Phi) is 4.67. The molecule has 1 aromatic rings. The van der Waals surface area contributed by atoms with E-state index in [1.165, 1.54) is 4.31 Å². The SMILES string of the molecule is Cc1nn(C)c(C)c1S(=O)(=O)N1CCN(CC(=O)NC2CC2)CC1. The van der Waals surface area contributed by atoms with E-state index in [-0.39, 0.29) is 5.91 Å². The summed E-state index contributed by atoms with van der Waals surface area (Å²) in [5.41, 5.74) is 1.18. The number of amides is 1. The van der Waals surface area contributed by atoms with Crippen LogP contribution in [0.1, 0.15) is 24.2 Å². The Balaban J connectivity index is 1.62. The Morgan fingerprint density at radius 2 is 1.83 bits per heavy atom. The Morgan fingerprint density at radius 1 is 1.21 bits per heavy atom. The van der Waals surface area contributed by atoms with Gasteiger partial charge in [-0.1, -0.05) is 0 Å². The predicted molar refractivity (Wildman–Crippen MR) is 89.0 cm³/mol. The summed E-state index contributed by atoms with van der Waals surface area (Å²) in [6, 6.07) is 0.357. The maximum absolute atomic E-state index is 12.9. The van der Waals surface area contributed by atoms with Crippen molar-refractivity contribution in [1.29, 1.82) is 0 Å². The first kappa shape index (κ1) is 17.4. The van der Waals surface area contributed by atoms with Crippen LogP contribution < -0.4 is 5.32 Å². The van der Waals surface area contributed by atoms with Gasteiger partial charge in [-0.25, -0.2) is 8.42 Å². The summed E-state index contributed by atoms with van der Waals surface area (Å²) in [6.07, 6.45) is 2.14. The monoisotopic (exact) mass is 355 g/mol. The lowest BCUT2D eigenvalue weighted by atomic mass is 10.3. The van der Waals surface area contributed by atoms with E-state index in [9.17, 15) is 13.2 Å². The van der Waals surface area contributed by atoms with Gasteiger partial charge < -0.3 is 5.32 Å². The van der Waals surface area contributed by atoms with Crippen LogP contribution in [0.3, 0.4) is 0 Å². The van der Waals surface area contributed by atoms with Gasteiger partial charge in [0.15, 0.2) is 0 Å². The first-order valence-electron chi connectivity index (χ1n) is 8.31. The standard InChI is InChI=1S/C15H25N5O3S/c1-11-15(12(2)18(3)17-11)24(22,23)20-8-6-19(7-9-20)10-14(21)16-13-4-5-13/h13H,4-10H2,1-3H3,(H,16,21). The van der Waals surface area contributed by atoms with Crippen molar-refractivity contribution in [2.45, 2.75) is 37.6 Å². The van der Waals surface area contributed by atoms with Crippen molar-refractivity contribution >= 4 is 15.9 Å². The Labute approximate surface area is 142 Å². The van der Waals surface area contributed by atoms with Crippen molar-refractivity contribution in [2.24, 2.45) is 7.05 Å². The van der Waals surface area contributed by atoms with Gasteiger partial charge in [-0.2, -0.15) is 9.40 Å². The first-order chi connectivity index (χ1) is 11.3. The van der Waals surface area contributed by atoms with Gasteiger partial charge in [0.2, 0.25) is 15.9 Å². The summed E-state index contributed by atoms with van der Waals surface area (Å²) >= 11 is 0. The lowest BCUT2D eigenvalue weighted by molar-refractivity contribution is -0.122. The summed E-state index contributed by atoms with van der Waals surface area (Å²) in [4.78, 5) is 14.2. The number of piperazine rings is 1. The molecular weight excluding hydrogens is 330 g/mol. The van der Waals surface area contributed by atoms with Crippen molar-refractivity contribution < 1.29 is 13.2 Å². The molecule has 1 N–H and O–H groups in total. The summed E-state index contributed by atoms with van der Waals surface area (Å²) in [5.74, 6) is 0.0350. The number of carbonyl (C=O) groups is 1. The van der Waals surface area contributed by atoms with E-state index in [1.54, 1.807) is 25.6 Å². The van der Waals surface area contributed by atoms with Gasteiger partial charge in [-0.05, 0) is 26.7 Å². The Morgan fingerprint density at radius 3 is 2.33 bits per heavy atom. The molecule has 1 saturated carbocycles. The zero-order valence-electron chi connectivity index (χ0n) is 14.4. The van der Waals surface area contributed by atoms with Crippen molar-refractivity contribution in [3.8, 4) is 0 Å². The van der Waals surface area contributed by atoms with Crippen molar-refractivity contribution in [1.82, 2.24) is 24.3 Å². The third-order valence-corrected chi connectivity index (χ3v) is 6.83. The Bertz CT molecular complexity index is 731. The number of aromatic nitrogens is 2. The van der Waals surface area contributed by atoms with Crippen LogP contribution in [-0.2, 0) is 21.9 Å². The first-order valence-corrected chi connectivity index (χ1v) is 9.75. The summed E-state index contributed by atoms with van der Waals surface area (Å²) < 4.78 is 28.9. The number of sulfonamides is 1. The molecule has 9 heteroatoms. The molecule has 1 amide bonds. The molecule has 0 radical (unpaired) electrons. The molecule has 0 unspecified atom stereocenters. The number of nitrogens with zero attached hydrogens (tertiary/aromatic N) is 4. The molecule has 2 heterocycles. The maximum Gasteiger partial charge on any atom is 0.246 e. The van der Waals surface area contributed by atoms with E-state index >= 15 is 0 Å². The molecule has 2 aliphatic rings. The van der Waals surface area contributed by atoms with Crippen LogP contribution in [0.2, 0.25) is 0 Å².